The molecule has 1 aliphatic rings. The Morgan fingerprint density at radius 3 is 2.79 bits per heavy atom. The topological polar surface area (TPSA) is 58.4 Å². The van der Waals surface area contributed by atoms with Crippen molar-refractivity contribution in [2.45, 2.75) is 17.1 Å². The molecule has 2 rings (SSSR count). The van der Waals surface area contributed by atoms with Gasteiger partial charge in [-0.1, -0.05) is 0 Å². The number of rotatable bonds is 3. The van der Waals surface area contributed by atoms with E-state index in [4.69, 9.17) is 5.73 Å². The molecule has 1 atom stereocenters. The first-order valence-electron chi connectivity index (χ1n) is 6.29. The Bertz CT molecular complexity index is 463. The number of hydrogen-bond donors (Lipinski definition) is 2. The number of carbonyl (C=O) groups excluding carboxylic acids is 1. The zero-order valence-electron chi connectivity index (χ0n) is 10.9. The molecule has 1 aromatic rings. The number of nitrogen functional groups attached to an aromatic ring is 1. The lowest BCUT2D eigenvalue weighted by Gasteiger charge is -2.29. The van der Waals surface area contributed by atoms with Crippen LogP contribution in [0, 0.1) is 5.82 Å². The van der Waals surface area contributed by atoms with E-state index in [0.29, 0.717) is 5.69 Å². The maximum atomic E-state index is 13.0. The second-order valence-corrected chi connectivity index (χ2v) is 5.90. The van der Waals surface area contributed by atoms with E-state index in [1.807, 2.05) is 11.8 Å². The molecule has 1 unspecified atom stereocenters. The number of halogens is 1. The molecule has 0 spiro atoms. The van der Waals surface area contributed by atoms with Crippen LogP contribution in [-0.4, -0.2) is 42.2 Å². The van der Waals surface area contributed by atoms with E-state index < -0.39 is 0 Å². The van der Waals surface area contributed by atoms with Gasteiger partial charge in [0.25, 0.3) is 0 Å². The van der Waals surface area contributed by atoms with E-state index >= 15 is 0 Å². The lowest BCUT2D eigenvalue weighted by Crippen LogP contribution is -2.48. The van der Waals surface area contributed by atoms with Gasteiger partial charge in [-0.15, -0.1) is 11.8 Å². The number of thioether (sulfide) groups is 1. The summed E-state index contributed by atoms with van der Waals surface area (Å²) < 4.78 is 13.0. The van der Waals surface area contributed by atoms with Crippen molar-refractivity contribution in [2.24, 2.45) is 0 Å². The zero-order valence-corrected chi connectivity index (χ0v) is 11.7. The van der Waals surface area contributed by atoms with Crippen molar-refractivity contribution in [1.29, 1.82) is 0 Å². The molecule has 1 saturated heterocycles. The molecule has 0 saturated carbocycles. The number of nitrogens with one attached hydrogen (secondary N) is 1. The van der Waals surface area contributed by atoms with Gasteiger partial charge in [0.1, 0.15) is 5.82 Å². The van der Waals surface area contributed by atoms with Gasteiger partial charge >= 0.3 is 0 Å². The highest BCUT2D eigenvalue weighted by Gasteiger charge is 2.23. The Morgan fingerprint density at radius 2 is 2.16 bits per heavy atom. The number of hydrogen-bond acceptors (Lipinski definition) is 4. The lowest BCUT2D eigenvalue weighted by atomic mass is 10.3. The maximum Gasteiger partial charge on any atom is 0.235 e. The summed E-state index contributed by atoms with van der Waals surface area (Å²) in [6.45, 7) is 5.01. The number of piperazine rings is 1. The van der Waals surface area contributed by atoms with Crippen molar-refractivity contribution < 1.29 is 9.18 Å². The van der Waals surface area contributed by atoms with E-state index in [1.54, 1.807) is 6.07 Å². The highest BCUT2D eigenvalue weighted by Crippen LogP contribution is 2.30. The fraction of sp³-hybridized carbons (Fsp3) is 0.462. The number of carbonyl (C=O) groups is 1. The fourth-order valence-electron chi connectivity index (χ4n) is 2.01. The summed E-state index contributed by atoms with van der Waals surface area (Å²) in [6.07, 6.45) is 0. The molecule has 0 radical (unpaired) electrons. The number of anilines is 1. The Hall–Kier alpha value is -1.27. The minimum Gasteiger partial charge on any atom is -0.398 e. The highest BCUT2D eigenvalue weighted by molar-refractivity contribution is 8.00. The molecule has 1 aliphatic heterocycles. The largest absolute Gasteiger partial charge is 0.398 e. The molecular formula is C13H18FN3OS. The molecule has 1 aromatic carbocycles. The molecule has 19 heavy (non-hydrogen) atoms. The number of nitrogens with zero attached hydrogens (tertiary/aromatic N) is 1. The molecule has 0 aliphatic carbocycles. The van der Waals surface area contributed by atoms with Crippen LogP contribution in [0.15, 0.2) is 23.1 Å². The lowest BCUT2D eigenvalue weighted by molar-refractivity contribution is -0.130. The predicted molar refractivity (Wildman–Crippen MR) is 75.6 cm³/mol. The summed E-state index contributed by atoms with van der Waals surface area (Å²) in [6, 6.07) is 4.27. The number of amides is 1. The van der Waals surface area contributed by atoms with Gasteiger partial charge in [0.15, 0.2) is 0 Å². The Labute approximate surface area is 116 Å². The smallest absolute Gasteiger partial charge is 0.235 e. The van der Waals surface area contributed by atoms with Gasteiger partial charge in [-0.3, -0.25) is 4.79 Å². The first-order valence-corrected chi connectivity index (χ1v) is 7.17. The normalized spacial score (nSPS) is 17.3. The summed E-state index contributed by atoms with van der Waals surface area (Å²) in [4.78, 5) is 14.8. The third-order valence-electron chi connectivity index (χ3n) is 3.05. The number of nitrogens with two attached hydrogens (primary N) is 1. The third-order valence-corrected chi connectivity index (χ3v) is 4.23. The number of benzene rings is 1. The van der Waals surface area contributed by atoms with E-state index in [1.165, 1.54) is 23.9 Å². The Kier molecular flexibility index (Phi) is 4.66. The SMILES string of the molecule is CC(Sc1ccc(F)cc1N)C(=O)N1CCNCC1. The molecule has 4 nitrogen and oxygen atoms in total. The van der Waals surface area contributed by atoms with Crippen LogP contribution in [0.1, 0.15) is 6.92 Å². The minimum atomic E-state index is -0.358. The van der Waals surface area contributed by atoms with E-state index in [-0.39, 0.29) is 17.0 Å². The van der Waals surface area contributed by atoms with Gasteiger partial charge in [-0.05, 0) is 25.1 Å². The fourth-order valence-corrected chi connectivity index (χ4v) is 2.98. The summed E-state index contributed by atoms with van der Waals surface area (Å²) >= 11 is 1.38. The van der Waals surface area contributed by atoms with E-state index in [9.17, 15) is 9.18 Å². The van der Waals surface area contributed by atoms with Crippen LogP contribution in [-0.2, 0) is 4.79 Å². The van der Waals surface area contributed by atoms with E-state index in [0.717, 1.165) is 31.1 Å². The van der Waals surface area contributed by atoms with Gasteiger partial charge in [-0.25, -0.2) is 4.39 Å². The van der Waals surface area contributed by atoms with E-state index in [2.05, 4.69) is 5.32 Å². The minimum absolute atomic E-state index is 0.107. The average Bonchev–Trinajstić information content (AvgIpc) is 2.42. The maximum absolute atomic E-state index is 13.0. The summed E-state index contributed by atoms with van der Waals surface area (Å²) in [7, 11) is 0. The van der Waals surface area contributed by atoms with Crippen LogP contribution in [0.4, 0.5) is 10.1 Å². The van der Waals surface area contributed by atoms with Gasteiger partial charge < -0.3 is 16.0 Å². The van der Waals surface area contributed by atoms with Crippen LogP contribution in [0.25, 0.3) is 0 Å². The van der Waals surface area contributed by atoms with Crippen LogP contribution >= 0.6 is 11.8 Å². The average molecular weight is 283 g/mol. The molecule has 104 valence electrons. The van der Waals surface area contributed by atoms with Gasteiger partial charge in [0.2, 0.25) is 5.91 Å². The molecule has 1 heterocycles. The molecule has 0 aromatic heterocycles. The van der Waals surface area contributed by atoms with Crippen molar-refractivity contribution in [3.05, 3.63) is 24.0 Å². The summed E-state index contributed by atoms with van der Waals surface area (Å²) in [5.41, 5.74) is 6.13. The van der Waals surface area contributed by atoms with Gasteiger partial charge in [0, 0.05) is 36.8 Å². The van der Waals surface area contributed by atoms with Crippen LogP contribution in [0.5, 0.6) is 0 Å². The highest BCUT2D eigenvalue weighted by atomic mass is 32.2. The monoisotopic (exact) mass is 283 g/mol. The first kappa shape index (κ1) is 14.1. The second-order valence-electron chi connectivity index (χ2n) is 4.52. The molecule has 1 fully saturated rings. The summed E-state index contributed by atoms with van der Waals surface area (Å²) in [5, 5.41) is 2.99. The van der Waals surface area contributed by atoms with Crippen LogP contribution in [0.3, 0.4) is 0 Å². The Morgan fingerprint density at radius 1 is 1.47 bits per heavy atom. The van der Waals surface area contributed by atoms with Gasteiger partial charge in [0.05, 0.1) is 5.25 Å². The van der Waals surface area contributed by atoms with Crippen molar-refractivity contribution in [3.63, 3.8) is 0 Å². The zero-order chi connectivity index (χ0) is 13.8. The Balaban J connectivity index is 1.99. The molecule has 0 bridgehead atoms. The standard InChI is InChI=1S/C13H18FN3OS/c1-9(13(18)17-6-4-16-5-7-17)19-12-3-2-10(14)8-11(12)15/h2-3,8-9,16H,4-7,15H2,1H3. The quantitative estimate of drug-likeness (QED) is 0.649. The van der Waals surface area contributed by atoms with Crippen LogP contribution in [0.2, 0.25) is 0 Å². The molecule has 6 heteroatoms. The first-order chi connectivity index (χ1) is 9.08. The molecule has 3 N–H and O–H groups in total. The molecular weight excluding hydrogens is 265 g/mol. The van der Waals surface area contributed by atoms with Crippen molar-refractivity contribution >= 4 is 23.4 Å². The summed E-state index contributed by atoms with van der Waals surface area (Å²) in [5.74, 6) is -0.252. The molecule has 1 amide bonds. The van der Waals surface area contributed by atoms with Gasteiger partial charge in [-0.2, -0.15) is 0 Å². The van der Waals surface area contributed by atoms with Crippen molar-refractivity contribution in [2.75, 3.05) is 31.9 Å². The second kappa shape index (κ2) is 6.25. The third kappa shape index (κ3) is 3.61. The van der Waals surface area contributed by atoms with Crippen molar-refractivity contribution in [1.82, 2.24) is 10.2 Å². The van der Waals surface area contributed by atoms with Crippen LogP contribution < -0.4 is 11.1 Å². The predicted octanol–water partition coefficient (Wildman–Crippen LogP) is 1.32. The van der Waals surface area contributed by atoms with Crippen molar-refractivity contribution in [3.8, 4) is 0 Å².